The van der Waals surface area contributed by atoms with Crippen LogP contribution < -0.4 is 10.6 Å². The Morgan fingerprint density at radius 1 is 1.50 bits per heavy atom. The zero-order valence-corrected chi connectivity index (χ0v) is 12.1. The van der Waals surface area contributed by atoms with Crippen LogP contribution in [0, 0.1) is 5.41 Å². The highest BCUT2D eigenvalue weighted by Gasteiger charge is 2.32. The van der Waals surface area contributed by atoms with Gasteiger partial charge < -0.3 is 10.6 Å². The zero-order chi connectivity index (χ0) is 14.0. The van der Waals surface area contributed by atoms with E-state index in [1.165, 1.54) is 19.3 Å². The Hall–Kier alpha value is -1.43. The summed E-state index contributed by atoms with van der Waals surface area (Å²) in [4.78, 5) is 12.1. The zero-order valence-electron chi connectivity index (χ0n) is 12.1. The highest BCUT2D eigenvalue weighted by atomic mass is 16.2. The van der Waals surface area contributed by atoms with Gasteiger partial charge in [-0.25, -0.2) is 4.68 Å². The number of nitrogens with one attached hydrogen (secondary N) is 2. The number of amides is 1. The van der Waals surface area contributed by atoms with Crippen molar-refractivity contribution in [1.82, 2.24) is 25.6 Å². The summed E-state index contributed by atoms with van der Waals surface area (Å²) in [7, 11) is 0. The van der Waals surface area contributed by atoms with Crippen LogP contribution in [0.25, 0.3) is 0 Å². The lowest BCUT2D eigenvalue weighted by molar-refractivity contribution is 0.0886. The van der Waals surface area contributed by atoms with Crippen molar-refractivity contribution >= 4 is 5.91 Å². The third kappa shape index (κ3) is 2.85. The lowest BCUT2D eigenvalue weighted by Crippen LogP contribution is -2.40. The van der Waals surface area contributed by atoms with E-state index < -0.39 is 0 Å². The van der Waals surface area contributed by atoms with Crippen LogP contribution in [0.3, 0.4) is 0 Å². The maximum atomic E-state index is 12.1. The van der Waals surface area contributed by atoms with Gasteiger partial charge in [-0.05, 0) is 44.2 Å². The fourth-order valence-corrected chi connectivity index (χ4v) is 2.97. The van der Waals surface area contributed by atoms with E-state index in [1.807, 2.05) is 4.68 Å². The van der Waals surface area contributed by atoms with Gasteiger partial charge in [0.15, 0.2) is 5.69 Å². The molecule has 20 heavy (non-hydrogen) atoms. The quantitative estimate of drug-likeness (QED) is 0.865. The minimum Gasteiger partial charge on any atom is -0.350 e. The molecule has 2 aliphatic rings. The van der Waals surface area contributed by atoms with Gasteiger partial charge in [-0.3, -0.25) is 4.79 Å². The molecule has 1 saturated heterocycles. The number of carbonyl (C=O) groups excluding carboxylic acids is 1. The van der Waals surface area contributed by atoms with Gasteiger partial charge in [0.05, 0.1) is 12.2 Å². The van der Waals surface area contributed by atoms with Crippen LogP contribution in [0.2, 0.25) is 0 Å². The molecular weight excluding hydrogens is 254 g/mol. The fraction of sp³-hybridized carbons (Fsp3) is 0.786. The minimum atomic E-state index is -0.0988. The monoisotopic (exact) mass is 277 g/mol. The molecule has 110 valence electrons. The Bertz CT molecular complexity index is 474. The van der Waals surface area contributed by atoms with Crippen molar-refractivity contribution in [3.8, 4) is 0 Å². The third-order valence-corrected chi connectivity index (χ3v) is 4.66. The van der Waals surface area contributed by atoms with Crippen LogP contribution in [0.5, 0.6) is 0 Å². The molecule has 0 radical (unpaired) electrons. The molecule has 6 nitrogen and oxygen atoms in total. The summed E-state index contributed by atoms with van der Waals surface area (Å²) in [5.41, 5.74) is 0.729. The molecule has 0 atom stereocenters. The van der Waals surface area contributed by atoms with Crippen LogP contribution in [0.1, 0.15) is 55.6 Å². The molecule has 1 aliphatic carbocycles. The Balaban J connectivity index is 1.56. The number of aromatic nitrogens is 3. The summed E-state index contributed by atoms with van der Waals surface area (Å²) >= 11 is 0. The maximum absolute atomic E-state index is 12.1. The van der Waals surface area contributed by atoms with Crippen molar-refractivity contribution in [3.63, 3.8) is 0 Å². The van der Waals surface area contributed by atoms with Crippen LogP contribution in [0.15, 0.2) is 6.20 Å². The van der Waals surface area contributed by atoms with Crippen LogP contribution in [0.4, 0.5) is 0 Å². The summed E-state index contributed by atoms with van der Waals surface area (Å²) in [6, 6.07) is 0.370. The molecule has 2 N–H and O–H groups in total. The Morgan fingerprint density at radius 3 is 2.90 bits per heavy atom. The first kappa shape index (κ1) is 13.5. The van der Waals surface area contributed by atoms with Crippen LogP contribution in [-0.2, 0) is 0 Å². The second-order valence-corrected chi connectivity index (χ2v) is 6.41. The molecule has 3 rings (SSSR count). The van der Waals surface area contributed by atoms with E-state index in [-0.39, 0.29) is 5.91 Å². The second-order valence-electron chi connectivity index (χ2n) is 6.41. The van der Waals surface area contributed by atoms with Crippen molar-refractivity contribution in [2.75, 3.05) is 19.6 Å². The summed E-state index contributed by atoms with van der Waals surface area (Å²) in [6.07, 6.45) is 7.56. The summed E-state index contributed by atoms with van der Waals surface area (Å²) in [5, 5.41) is 14.4. The van der Waals surface area contributed by atoms with E-state index in [9.17, 15) is 4.79 Å². The summed E-state index contributed by atoms with van der Waals surface area (Å²) < 4.78 is 1.85. The number of piperidine rings is 1. The van der Waals surface area contributed by atoms with Gasteiger partial charge in [-0.2, -0.15) is 0 Å². The number of rotatable bonds is 4. The SMILES string of the molecule is CC1(CNC(=O)c2cn(C3CCNCC3)nn2)CCC1. The van der Waals surface area contributed by atoms with Crippen LogP contribution >= 0.6 is 0 Å². The van der Waals surface area contributed by atoms with E-state index in [4.69, 9.17) is 0 Å². The molecule has 0 bridgehead atoms. The Kier molecular flexibility index (Phi) is 3.74. The molecule has 0 unspecified atom stereocenters. The van der Waals surface area contributed by atoms with Crippen molar-refractivity contribution < 1.29 is 4.79 Å². The predicted molar refractivity (Wildman–Crippen MR) is 75.5 cm³/mol. The van der Waals surface area contributed by atoms with E-state index in [0.717, 1.165) is 32.5 Å². The van der Waals surface area contributed by atoms with Crippen molar-refractivity contribution in [3.05, 3.63) is 11.9 Å². The number of nitrogens with zero attached hydrogens (tertiary/aromatic N) is 3. The molecule has 1 amide bonds. The van der Waals surface area contributed by atoms with Crippen molar-refractivity contribution in [1.29, 1.82) is 0 Å². The number of carbonyl (C=O) groups is 1. The van der Waals surface area contributed by atoms with Gasteiger partial charge in [0.1, 0.15) is 0 Å². The summed E-state index contributed by atoms with van der Waals surface area (Å²) in [6.45, 7) is 4.98. The lowest BCUT2D eigenvalue weighted by atomic mass is 9.70. The molecule has 0 aromatic carbocycles. The molecule has 1 aromatic rings. The van der Waals surface area contributed by atoms with Crippen molar-refractivity contribution in [2.45, 2.75) is 45.1 Å². The van der Waals surface area contributed by atoms with E-state index in [2.05, 4.69) is 27.9 Å². The molecule has 0 spiro atoms. The molecule has 2 heterocycles. The van der Waals surface area contributed by atoms with Crippen molar-refractivity contribution in [2.24, 2.45) is 5.41 Å². The van der Waals surface area contributed by atoms with E-state index in [0.29, 0.717) is 17.2 Å². The van der Waals surface area contributed by atoms with Gasteiger partial charge in [0.25, 0.3) is 5.91 Å². The Morgan fingerprint density at radius 2 is 2.25 bits per heavy atom. The normalized spacial score (nSPS) is 22.2. The van der Waals surface area contributed by atoms with Gasteiger partial charge in [-0.1, -0.05) is 18.6 Å². The second kappa shape index (κ2) is 5.52. The third-order valence-electron chi connectivity index (χ3n) is 4.66. The molecule has 2 fully saturated rings. The van der Waals surface area contributed by atoms with Gasteiger partial charge >= 0.3 is 0 Å². The molecular formula is C14H23N5O. The first-order valence-corrected chi connectivity index (χ1v) is 7.57. The topological polar surface area (TPSA) is 71.8 Å². The first-order valence-electron chi connectivity index (χ1n) is 7.57. The van der Waals surface area contributed by atoms with Crippen LogP contribution in [-0.4, -0.2) is 40.5 Å². The van der Waals surface area contributed by atoms with Gasteiger partial charge in [-0.15, -0.1) is 5.10 Å². The fourth-order valence-electron chi connectivity index (χ4n) is 2.97. The lowest BCUT2D eigenvalue weighted by Gasteiger charge is -2.38. The number of hydrogen-bond donors (Lipinski definition) is 2. The summed E-state index contributed by atoms with van der Waals surface area (Å²) in [5.74, 6) is -0.0988. The predicted octanol–water partition coefficient (Wildman–Crippen LogP) is 1.12. The standard InChI is InChI=1S/C14H23N5O/c1-14(5-2-6-14)10-16-13(20)12-9-19(18-17-12)11-3-7-15-8-4-11/h9,11,15H,2-8,10H2,1H3,(H,16,20). The minimum absolute atomic E-state index is 0.0988. The number of hydrogen-bond acceptors (Lipinski definition) is 4. The average molecular weight is 277 g/mol. The molecule has 1 aromatic heterocycles. The largest absolute Gasteiger partial charge is 0.350 e. The van der Waals surface area contributed by atoms with E-state index in [1.54, 1.807) is 6.20 Å². The van der Waals surface area contributed by atoms with E-state index >= 15 is 0 Å². The maximum Gasteiger partial charge on any atom is 0.273 e. The average Bonchev–Trinajstić information content (AvgIpc) is 2.93. The van der Waals surface area contributed by atoms with Gasteiger partial charge in [0.2, 0.25) is 0 Å². The molecule has 1 aliphatic heterocycles. The Labute approximate surface area is 119 Å². The smallest absolute Gasteiger partial charge is 0.273 e. The first-order chi connectivity index (χ1) is 9.66. The highest BCUT2D eigenvalue weighted by Crippen LogP contribution is 2.39. The molecule has 1 saturated carbocycles. The molecule has 6 heteroatoms. The van der Waals surface area contributed by atoms with Gasteiger partial charge in [0, 0.05) is 6.54 Å². The highest BCUT2D eigenvalue weighted by molar-refractivity contribution is 5.91.